The standard InChI is InChI=1S/C24H30N6O2/c1-15(2)22-23(31)28-21-16(3)27-19(11-20(21)29(22)4)9-8-17-12-26-30(13-17)14-18-7-6-10-25-24(18)32-5/h6-7,10-13,15,22H,8-9,14H2,1-5H3,(H,28,31)/t22-/m0/s1. The van der Waals surface area contributed by atoms with Crippen LogP contribution in [0.1, 0.15) is 36.4 Å². The van der Waals surface area contributed by atoms with E-state index < -0.39 is 0 Å². The lowest BCUT2D eigenvalue weighted by Crippen LogP contribution is -2.49. The Morgan fingerprint density at radius 2 is 2.09 bits per heavy atom. The third-order valence-electron chi connectivity index (χ3n) is 5.91. The molecule has 1 aliphatic heterocycles. The normalized spacial score (nSPS) is 15.6. The van der Waals surface area contributed by atoms with Crippen molar-refractivity contribution >= 4 is 17.3 Å². The molecule has 3 aromatic heterocycles. The molecule has 0 unspecified atom stereocenters. The fraction of sp³-hybridized carbons (Fsp3) is 0.417. The van der Waals surface area contributed by atoms with Gasteiger partial charge in [0.25, 0.3) is 0 Å². The van der Waals surface area contributed by atoms with Crippen LogP contribution >= 0.6 is 0 Å². The van der Waals surface area contributed by atoms with Crippen molar-refractivity contribution in [2.45, 2.75) is 46.2 Å². The molecule has 1 N–H and O–H groups in total. The zero-order valence-electron chi connectivity index (χ0n) is 19.3. The summed E-state index contributed by atoms with van der Waals surface area (Å²) < 4.78 is 7.23. The molecule has 0 saturated heterocycles. The maximum Gasteiger partial charge on any atom is 0.247 e. The van der Waals surface area contributed by atoms with E-state index in [0.717, 1.165) is 46.7 Å². The summed E-state index contributed by atoms with van der Waals surface area (Å²) in [4.78, 5) is 23.6. The number of nitrogens with zero attached hydrogens (tertiary/aromatic N) is 5. The van der Waals surface area contributed by atoms with E-state index in [0.29, 0.717) is 12.4 Å². The van der Waals surface area contributed by atoms with Crippen molar-refractivity contribution in [3.05, 3.63) is 59.3 Å². The first-order chi connectivity index (χ1) is 15.4. The van der Waals surface area contributed by atoms with E-state index in [-0.39, 0.29) is 17.9 Å². The van der Waals surface area contributed by atoms with Crippen LogP contribution in [0.2, 0.25) is 0 Å². The molecule has 1 atom stereocenters. The number of amides is 1. The highest BCUT2D eigenvalue weighted by Gasteiger charge is 2.34. The van der Waals surface area contributed by atoms with E-state index in [1.165, 1.54) is 0 Å². The smallest absolute Gasteiger partial charge is 0.247 e. The fourth-order valence-electron chi connectivity index (χ4n) is 4.35. The molecule has 0 saturated carbocycles. The number of nitrogens with one attached hydrogen (secondary N) is 1. The Labute approximate surface area is 188 Å². The molecule has 4 rings (SSSR count). The van der Waals surface area contributed by atoms with Gasteiger partial charge in [0, 0.05) is 30.7 Å². The fourth-order valence-corrected chi connectivity index (χ4v) is 4.35. The minimum atomic E-state index is -0.181. The summed E-state index contributed by atoms with van der Waals surface area (Å²) in [5.74, 6) is 0.869. The van der Waals surface area contributed by atoms with Crippen LogP contribution in [-0.2, 0) is 24.2 Å². The molecule has 1 amide bonds. The molecule has 1 aliphatic rings. The number of pyridine rings is 2. The first-order valence-electron chi connectivity index (χ1n) is 10.9. The first kappa shape index (κ1) is 21.8. The van der Waals surface area contributed by atoms with Gasteiger partial charge in [0.05, 0.1) is 36.9 Å². The number of hydrogen-bond acceptors (Lipinski definition) is 6. The topological polar surface area (TPSA) is 85.2 Å². The third kappa shape index (κ3) is 4.30. The number of anilines is 2. The lowest BCUT2D eigenvalue weighted by molar-refractivity contribution is -0.118. The molecule has 0 fully saturated rings. The van der Waals surface area contributed by atoms with Crippen molar-refractivity contribution in [3.8, 4) is 5.88 Å². The number of aryl methyl sites for hydroxylation is 3. The molecule has 0 radical (unpaired) electrons. The highest BCUT2D eigenvalue weighted by molar-refractivity contribution is 6.04. The molecule has 8 heteroatoms. The number of aromatic nitrogens is 4. The van der Waals surface area contributed by atoms with E-state index in [4.69, 9.17) is 9.72 Å². The predicted octanol–water partition coefficient (Wildman–Crippen LogP) is 3.24. The van der Waals surface area contributed by atoms with Gasteiger partial charge in [-0.3, -0.25) is 14.5 Å². The van der Waals surface area contributed by atoms with Crippen LogP contribution in [0.15, 0.2) is 36.8 Å². The Hall–Kier alpha value is -3.42. The van der Waals surface area contributed by atoms with Gasteiger partial charge in [0.2, 0.25) is 11.8 Å². The molecular formula is C24H30N6O2. The van der Waals surface area contributed by atoms with Gasteiger partial charge < -0.3 is 15.0 Å². The van der Waals surface area contributed by atoms with E-state index in [1.54, 1.807) is 13.3 Å². The van der Waals surface area contributed by atoms with E-state index >= 15 is 0 Å². The monoisotopic (exact) mass is 434 g/mol. The second-order valence-corrected chi connectivity index (χ2v) is 8.60. The number of methoxy groups -OCH3 is 1. The summed E-state index contributed by atoms with van der Waals surface area (Å²) in [6.45, 7) is 6.69. The second kappa shape index (κ2) is 8.98. The van der Waals surface area contributed by atoms with Crippen molar-refractivity contribution in [1.82, 2.24) is 19.7 Å². The van der Waals surface area contributed by atoms with Crippen LogP contribution in [0.25, 0.3) is 0 Å². The molecule has 0 aliphatic carbocycles. The van der Waals surface area contributed by atoms with Gasteiger partial charge >= 0.3 is 0 Å². The maximum atomic E-state index is 12.5. The van der Waals surface area contributed by atoms with Crippen LogP contribution in [0.4, 0.5) is 11.4 Å². The molecule has 0 aromatic carbocycles. The van der Waals surface area contributed by atoms with Gasteiger partial charge in [-0.25, -0.2) is 4.98 Å². The number of rotatable bonds is 7. The number of ether oxygens (including phenoxy) is 1. The van der Waals surface area contributed by atoms with Gasteiger partial charge in [-0.2, -0.15) is 5.10 Å². The zero-order chi connectivity index (χ0) is 22.8. The van der Waals surface area contributed by atoms with Gasteiger partial charge in [-0.1, -0.05) is 19.9 Å². The zero-order valence-corrected chi connectivity index (χ0v) is 19.3. The largest absolute Gasteiger partial charge is 0.481 e. The number of hydrogen-bond donors (Lipinski definition) is 1. The molecule has 3 aromatic rings. The molecule has 0 spiro atoms. The van der Waals surface area contributed by atoms with Crippen molar-refractivity contribution in [2.24, 2.45) is 5.92 Å². The predicted molar refractivity (Wildman–Crippen MR) is 124 cm³/mol. The summed E-state index contributed by atoms with van der Waals surface area (Å²) in [6, 6.07) is 5.81. The minimum absolute atomic E-state index is 0.0327. The summed E-state index contributed by atoms with van der Waals surface area (Å²) in [6.07, 6.45) is 7.30. The molecule has 4 heterocycles. The van der Waals surface area contributed by atoms with Crippen LogP contribution in [0.3, 0.4) is 0 Å². The lowest BCUT2D eigenvalue weighted by atomic mass is 9.97. The molecule has 0 bridgehead atoms. The average molecular weight is 435 g/mol. The highest BCUT2D eigenvalue weighted by atomic mass is 16.5. The van der Waals surface area contributed by atoms with Gasteiger partial charge in [-0.05, 0) is 43.4 Å². The summed E-state index contributed by atoms with van der Waals surface area (Å²) in [7, 11) is 3.61. The SMILES string of the molecule is COc1ncccc1Cn1cc(CCc2cc3c(c(C)n2)NC(=O)[C@H](C(C)C)N3C)cn1. The molecule has 32 heavy (non-hydrogen) atoms. The van der Waals surface area contributed by atoms with Gasteiger partial charge in [-0.15, -0.1) is 0 Å². The van der Waals surface area contributed by atoms with Crippen molar-refractivity contribution in [1.29, 1.82) is 0 Å². The number of carbonyl (C=O) groups excluding carboxylic acids is 1. The summed E-state index contributed by atoms with van der Waals surface area (Å²) in [5.41, 5.74) is 5.84. The van der Waals surface area contributed by atoms with Crippen molar-refractivity contribution < 1.29 is 9.53 Å². The lowest BCUT2D eigenvalue weighted by Gasteiger charge is -2.38. The number of fused-ring (bicyclic) bond motifs is 1. The molecule has 8 nitrogen and oxygen atoms in total. The van der Waals surface area contributed by atoms with Crippen LogP contribution in [-0.4, -0.2) is 45.9 Å². The van der Waals surface area contributed by atoms with Gasteiger partial charge in [0.15, 0.2) is 0 Å². The van der Waals surface area contributed by atoms with E-state index in [1.807, 2.05) is 37.0 Å². The Bertz CT molecular complexity index is 1120. The van der Waals surface area contributed by atoms with Crippen molar-refractivity contribution in [2.75, 3.05) is 24.4 Å². The average Bonchev–Trinajstić information content (AvgIpc) is 3.20. The Morgan fingerprint density at radius 3 is 2.84 bits per heavy atom. The minimum Gasteiger partial charge on any atom is -0.481 e. The summed E-state index contributed by atoms with van der Waals surface area (Å²) in [5, 5.41) is 7.55. The van der Waals surface area contributed by atoms with Crippen LogP contribution in [0.5, 0.6) is 5.88 Å². The third-order valence-corrected chi connectivity index (χ3v) is 5.91. The quantitative estimate of drug-likeness (QED) is 0.615. The van der Waals surface area contributed by atoms with Crippen molar-refractivity contribution in [3.63, 3.8) is 0 Å². The maximum absolute atomic E-state index is 12.5. The summed E-state index contributed by atoms with van der Waals surface area (Å²) >= 11 is 0. The number of likely N-dealkylation sites (N-methyl/N-ethyl adjacent to an activating group) is 1. The second-order valence-electron chi connectivity index (χ2n) is 8.60. The van der Waals surface area contributed by atoms with Crippen LogP contribution < -0.4 is 15.0 Å². The van der Waals surface area contributed by atoms with Crippen LogP contribution in [0, 0.1) is 12.8 Å². The molecular weight excluding hydrogens is 404 g/mol. The Morgan fingerprint density at radius 1 is 1.28 bits per heavy atom. The van der Waals surface area contributed by atoms with Gasteiger partial charge in [0.1, 0.15) is 6.04 Å². The van der Waals surface area contributed by atoms with E-state index in [9.17, 15) is 4.79 Å². The Kier molecular flexibility index (Phi) is 6.12. The first-order valence-corrected chi connectivity index (χ1v) is 10.9. The Balaban J connectivity index is 1.47. The molecule has 168 valence electrons. The highest BCUT2D eigenvalue weighted by Crippen LogP contribution is 2.35. The number of carbonyl (C=O) groups is 1. The van der Waals surface area contributed by atoms with E-state index in [2.05, 4.69) is 46.4 Å².